The normalized spacial score (nSPS) is 11.5. The van der Waals surface area contributed by atoms with E-state index in [1.165, 1.54) is 4.90 Å². The van der Waals surface area contributed by atoms with Crippen molar-refractivity contribution in [3.63, 3.8) is 0 Å². The predicted octanol–water partition coefficient (Wildman–Crippen LogP) is 2.21. The molecule has 1 aromatic carbocycles. The molecule has 0 radical (unpaired) electrons. The van der Waals surface area contributed by atoms with Gasteiger partial charge in [-0.15, -0.1) is 0 Å². The number of hydrogen-bond donors (Lipinski definition) is 0. The van der Waals surface area contributed by atoms with Crippen molar-refractivity contribution >= 4 is 11.8 Å². The van der Waals surface area contributed by atoms with Crippen LogP contribution in [0, 0.1) is 11.3 Å². The largest absolute Gasteiger partial charge is 0.337 e. The van der Waals surface area contributed by atoms with Gasteiger partial charge in [0.1, 0.15) is 6.04 Å². The lowest BCUT2D eigenvalue weighted by Gasteiger charge is -2.27. The summed E-state index contributed by atoms with van der Waals surface area (Å²) in [5.41, 5.74) is 1.54. The molecule has 27 heavy (non-hydrogen) atoms. The molecule has 1 heterocycles. The number of amides is 2. The molecule has 0 saturated heterocycles. The molecule has 0 spiro atoms. The molecular weight excluding hydrogens is 342 g/mol. The second kappa shape index (κ2) is 9.53. The third-order valence-corrected chi connectivity index (χ3v) is 4.33. The second-order valence-electron chi connectivity index (χ2n) is 6.48. The number of benzene rings is 1. The van der Waals surface area contributed by atoms with Crippen LogP contribution >= 0.6 is 0 Å². The smallest absolute Gasteiger partial charge is 0.247 e. The molecule has 1 aromatic heterocycles. The Morgan fingerprint density at radius 1 is 1.30 bits per heavy atom. The zero-order chi connectivity index (χ0) is 19.8. The summed E-state index contributed by atoms with van der Waals surface area (Å²) >= 11 is 0. The van der Waals surface area contributed by atoms with Gasteiger partial charge < -0.3 is 9.80 Å². The summed E-state index contributed by atoms with van der Waals surface area (Å²) in [5.74, 6) is -0.272. The van der Waals surface area contributed by atoms with Crippen molar-refractivity contribution < 1.29 is 9.59 Å². The highest BCUT2D eigenvalue weighted by Gasteiger charge is 2.23. The van der Waals surface area contributed by atoms with Crippen LogP contribution in [-0.2, 0) is 16.1 Å². The third kappa shape index (κ3) is 5.42. The van der Waals surface area contributed by atoms with Gasteiger partial charge >= 0.3 is 0 Å². The molecule has 2 amide bonds. The molecule has 2 aromatic rings. The van der Waals surface area contributed by atoms with Crippen LogP contribution in [0.2, 0.25) is 0 Å². The first-order chi connectivity index (χ1) is 13.0. The van der Waals surface area contributed by atoms with Crippen LogP contribution in [0.4, 0.5) is 0 Å². The van der Waals surface area contributed by atoms with E-state index in [2.05, 4.69) is 11.2 Å². The van der Waals surface area contributed by atoms with Crippen molar-refractivity contribution in [2.75, 3.05) is 20.1 Å². The molecule has 142 valence electrons. The summed E-state index contributed by atoms with van der Waals surface area (Å²) in [6.45, 7) is 4.84. The Kier molecular flexibility index (Phi) is 7.12. The minimum Gasteiger partial charge on any atom is -0.337 e. The zero-order valence-corrected chi connectivity index (χ0v) is 16.0. The van der Waals surface area contributed by atoms with Crippen LogP contribution in [-0.4, -0.2) is 51.5 Å². The average molecular weight is 367 g/mol. The van der Waals surface area contributed by atoms with Crippen LogP contribution in [0.25, 0.3) is 0 Å². The number of nitrogens with zero attached hydrogens (tertiary/aromatic N) is 5. The fourth-order valence-corrected chi connectivity index (χ4v) is 2.79. The number of aromatic nitrogens is 2. The highest BCUT2D eigenvalue weighted by molar-refractivity contribution is 5.86. The Bertz CT molecular complexity index is 793. The Morgan fingerprint density at radius 3 is 2.56 bits per heavy atom. The summed E-state index contributed by atoms with van der Waals surface area (Å²) in [6.07, 6.45) is 4.17. The molecular formula is C20H25N5O2. The maximum atomic E-state index is 12.7. The van der Waals surface area contributed by atoms with E-state index < -0.39 is 6.04 Å². The second-order valence-corrected chi connectivity index (χ2v) is 6.48. The van der Waals surface area contributed by atoms with Crippen molar-refractivity contribution in [3.8, 4) is 6.07 Å². The van der Waals surface area contributed by atoms with E-state index in [1.807, 2.05) is 19.1 Å². The van der Waals surface area contributed by atoms with Crippen LogP contribution in [0.5, 0.6) is 0 Å². The Morgan fingerprint density at radius 2 is 2.00 bits per heavy atom. The van der Waals surface area contributed by atoms with E-state index in [-0.39, 0.29) is 18.4 Å². The Hall–Kier alpha value is -3.14. The molecule has 0 aliphatic rings. The van der Waals surface area contributed by atoms with Crippen LogP contribution in [0.3, 0.4) is 0 Å². The van der Waals surface area contributed by atoms with Gasteiger partial charge in [-0.1, -0.05) is 19.1 Å². The van der Waals surface area contributed by atoms with Gasteiger partial charge in [-0.2, -0.15) is 10.4 Å². The maximum absolute atomic E-state index is 12.7. The maximum Gasteiger partial charge on any atom is 0.247 e. The summed E-state index contributed by atoms with van der Waals surface area (Å²) in [7, 11) is 1.63. The quantitative estimate of drug-likeness (QED) is 0.716. The molecule has 0 bridgehead atoms. The number of carbonyl (C=O) groups is 2. The molecule has 1 unspecified atom stereocenters. The van der Waals surface area contributed by atoms with Crippen LogP contribution in [0.1, 0.15) is 37.4 Å². The molecule has 0 aliphatic heterocycles. The van der Waals surface area contributed by atoms with Crippen LogP contribution < -0.4 is 0 Å². The van der Waals surface area contributed by atoms with Gasteiger partial charge in [-0.3, -0.25) is 14.3 Å². The van der Waals surface area contributed by atoms with Crippen molar-refractivity contribution in [1.82, 2.24) is 19.6 Å². The van der Waals surface area contributed by atoms with E-state index >= 15 is 0 Å². The lowest BCUT2D eigenvalue weighted by Crippen LogP contribution is -2.43. The number of carbonyl (C=O) groups excluding carboxylic acids is 2. The number of likely N-dealkylation sites (N-methyl/N-ethyl adjacent to an activating group) is 1. The predicted molar refractivity (Wildman–Crippen MR) is 101 cm³/mol. The monoisotopic (exact) mass is 367 g/mol. The molecule has 0 saturated carbocycles. The van der Waals surface area contributed by atoms with Gasteiger partial charge in [-0.05, 0) is 37.1 Å². The van der Waals surface area contributed by atoms with Gasteiger partial charge in [0.05, 0.1) is 18.2 Å². The number of hydrogen-bond acceptors (Lipinski definition) is 4. The lowest BCUT2D eigenvalue weighted by atomic mass is 10.1. The SMILES string of the molecule is CCCN(Cc1ccc(C#N)cc1)C(=O)CN(C)C(=O)C(C)n1cccn1. The van der Waals surface area contributed by atoms with E-state index in [0.29, 0.717) is 18.7 Å². The van der Waals surface area contributed by atoms with Gasteiger partial charge in [0, 0.05) is 32.5 Å². The van der Waals surface area contributed by atoms with E-state index in [9.17, 15) is 9.59 Å². The molecule has 2 rings (SSSR count). The highest BCUT2D eigenvalue weighted by Crippen LogP contribution is 2.11. The van der Waals surface area contributed by atoms with Crippen molar-refractivity contribution in [2.24, 2.45) is 0 Å². The summed E-state index contributed by atoms with van der Waals surface area (Å²) in [4.78, 5) is 28.5. The fourth-order valence-electron chi connectivity index (χ4n) is 2.79. The third-order valence-electron chi connectivity index (χ3n) is 4.33. The summed E-state index contributed by atoms with van der Waals surface area (Å²) in [5, 5.41) is 13.0. The topological polar surface area (TPSA) is 82.2 Å². The molecule has 0 aliphatic carbocycles. The zero-order valence-electron chi connectivity index (χ0n) is 16.0. The molecule has 7 heteroatoms. The van der Waals surface area contributed by atoms with Crippen molar-refractivity contribution in [1.29, 1.82) is 5.26 Å². The first-order valence-corrected chi connectivity index (χ1v) is 8.97. The molecule has 7 nitrogen and oxygen atoms in total. The van der Waals surface area contributed by atoms with Crippen molar-refractivity contribution in [2.45, 2.75) is 32.9 Å². The number of nitriles is 1. The van der Waals surface area contributed by atoms with Gasteiger partial charge in [0.2, 0.25) is 11.8 Å². The number of rotatable bonds is 8. The summed E-state index contributed by atoms with van der Waals surface area (Å²) in [6, 6.07) is 10.6. The van der Waals surface area contributed by atoms with Gasteiger partial charge in [0.25, 0.3) is 0 Å². The molecule has 0 N–H and O–H groups in total. The van der Waals surface area contributed by atoms with Gasteiger partial charge in [0.15, 0.2) is 0 Å². The first kappa shape index (κ1) is 20.2. The lowest BCUT2D eigenvalue weighted by molar-refractivity contribution is -0.141. The average Bonchev–Trinajstić information content (AvgIpc) is 3.21. The first-order valence-electron chi connectivity index (χ1n) is 8.97. The Labute approximate surface area is 159 Å². The summed E-state index contributed by atoms with van der Waals surface area (Å²) < 4.78 is 1.57. The standard InChI is InChI=1S/C20H25N5O2/c1-4-11-24(14-18-8-6-17(13-21)7-9-18)19(26)15-23(3)20(27)16(2)25-12-5-10-22-25/h5-10,12,16H,4,11,14-15H2,1-3H3. The van der Waals surface area contributed by atoms with E-state index in [1.54, 1.807) is 54.1 Å². The van der Waals surface area contributed by atoms with Crippen molar-refractivity contribution in [3.05, 3.63) is 53.9 Å². The van der Waals surface area contributed by atoms with Crippen LogP contribution in [0.15, 0.2) is 42.7 Å². The minimum atomic E-state index is -0.462. The van der Waals surface area contributed by atoms with E-state index in [0.717, 1.165) is 12.0 Å². The minimum absolute atomic E-state index is 0.0146. The Balaban J connectivity index is 2.00. The highest BCUT2D eigenvalue weighted by atomic mass is 16.2. The van der Waals surface area contributed by atoms with Gasteiger partial charge in [-0.25, -0.2) is 0 Å². The van der Waals surface area contributed by atoms with E-state index in [4.69, 9.17) is 5.26 Å². The molecule has 0 fully saturated rings. The molecule has 1 atom stereocenters. The fraction of sp³-hybridized carbons (Fsp3) is 0.400.